The molecule has 1 aliphatic rings. The standard InChI is InChI=1S/C20H22FN5O2S/c1-11-7-13(21)3-4-15(11)26-18-16-12(2)17(29-20(16)25-10-24-18)19(27)23-9-14-8-22-5-6-28-14/h3-4,7,10,14,22H,5-6,8-9H2,1-2H3,(H,23,27)(H,24,25,26). The summed E-state index contributed by atoms with van der Waals surface area (Å²) < 4.78 is 19.0. The van der Waals surface area contributed by atoms with Crippen molar-refractivity contribution in [2.45, 2.75) is 20.0 Å². The summed E-state index contributed by atoms with van der Waals surface area (Å²) in [6.45, 7) is 6.37. The number of carbonyl (C=O) groups excluding carboxylic acids is 1. The number of thiophene rings is 1. The molecular formula is C20H22FN5O2S. The first-order chi connectivity index (χ1) is 14.0. The molecule has 0 spiro atoms. The van der Waals surface area contributed by atoms with Gasteiger partial charge in [0.25, 0.3) is 5.91 Å². The number of fused-ring (bicyclic) bond motifs is 1. The summed E-state index contributed by atoms with van der Waals surface area (Å²) in [5, 5.41) is 10.2. The summed E-state index contributed by atoms with van der Waals surface area (Å²) in [5.41, 5.74) is 2.33. The highest BCUT2D eigenvalue weighted by Crippen LogP contribution is 2.34. The molecular weight excluding hydrogens is 393 g/mol. The summed E-state index contributed by atoms with van der Waals surface area (Å²) in [6, 6.07) is 4.53. The maximum absolute atomic E-state index is 13.4. The predicted octanol–water partition coefficient (Wildman–Crippen LogP) is 2.91. The number of amides is 1. The molecule has 3 N–H and O–H groups in total. The number of carbonyl (C=O) groups is 1. The number of morpholine rings is 1. The number of aryl methyl sites for hydroxylation is 2. The van der Waals surface area contributed by atoms with Gasteiger partial charge in [-0.05, 0) is 43.2 Å². The van der Waals surface area contributed by atoms with Crippen molar-refractivity contribution in [1.82, 2.24) is 20.6 Å². The molecule has 1 fully saturated rings. The Balaban J connectivity index is 1.58. The maximum atomic E-state index is 13.4. The molecule has 1 unspecified atom stereocenters. The Kier molecular flexibility index (Phi) is 5.70. The minimum Gasteiger partial charge on any atom is -0.374 e. The van der Waals surface area contributed by atoms with Crippen molar-refractivity contribution in [3.8, 4) is 0 Å². The summed E-state index contributed by atoms with van der Waals surface area (Å²) in [4.78, 5) is 22.8. The van der Waals surface area contributed by atoms with Crippen molar-refractivity contribution < 1.29 is 13.9 Å². The number of benzene rings is 1. The quantitative estimate of drug-likeness (QED) is 0.594. The SMILES string of the molecule is Cc1cc(F)ccc1Nc1ncnc2sc(C(=O)NCC3CNCCO3)c(C)c12. The molecule has 9 heteroatoms. The number of rotatable bonds is 5. The van der Waals surface area contributed by atoms with Crippen LogP contribution in [0.1, 0.15) is 20.8 Å². The van der Waals surface area contributed by atoms with Gasteiger partial charge in [0.2, 0.25) is 0 Å². The molecule has 1 aromatic carbocycles. The Labute approximate surface area is 171 Å². The third-order valence-electron chi connectivity index (χ3n) is 4.87. The lowest BCUT2D eigenvalue weighted by molar-refractivity contribution is 0.0287. The number of aromatic nitrogens is 2. The summed E-state index contributed by atoms with van der Waals surface area (Å²) in [5.74, 6) is 0.157. The van der Waals surface area contributed by atoms with Crippen LogP contribution in [0.25, 0.3) is 10.2 Å². The first-order valence-electron chi connectivity index (χ1n) is 9.40. The van der Waals surface area contributed by atoms with Gasteiger partial charge in [-0.1, -0.05) is 0 Å². The van der Waals surface area contributed by atoms with Crippen LogP contribution in [-0.2, 0) is 4.74 Å². The summed E-state index contributed by atoms with van der Waals surface area (Å²) >= 11 is 1.33. The van der Waals surface area contributed by atoms with Crippen LogP contribution in [0.3, 0.4) is 0 Å². The van der Waals surface area contributed by atoms with Gasteiger partial charge >= 0.3 is 0 Å². The molecule has 7 nitrogen and oxygen atoms in total. The van der Waals surface area contributed by atoms with Crippen LogP contribution in [0.5, 0.6) is 0 Å². The van der Waals surface area contributed by atoms with E-state index >= 15 is 0 Å². The van der Waals surface area contributed by atoms with Crippen molar-refractivity contribution in [3.63, 3.8) is 0 Å². The zero-order valence-corrected chi connectivity index (χ0v) is 17.0. The second-order valence-corrected chi connectivity index (χ2v) is 7.95. The van der Waals surface area contributed by atoms with Gasteiger partial charge in [-0.15, -0.1) is 11.3 Å². The van der Waals surface area contributed by atoms with Crippen LogP contribution in [0, 0.1) is 19.7 Å². The minimum absolute atomic E-state index is 0.0270. The van der Waals surface area contributed by atoms with E-state index in [-0.39, 0.29) is 17.8 Å². The second kappa shape index (κ2) is 8.40. The van der Waals surface area contributed by atoms with Gasteiger partial charge in [0, 0.05) is 25.3 Å². The Morgan fingerprint density at radius 2 is 2.24 bits per heavy atom. The number of hydrogen-bond acceptors (Lipinski definition) is 7. The highest BCUT2D eigenvalue weighted by molar-refractivity contribution is 7.20. The van der Waals surface area contributed by atoms with Gasteiger partial charge in [0.1, 0.15) is 22.8 Å². The molecule has 1 amide bonds. The summed E-state index contributed by atoms with van der Waals surface area (Å²) in [7, 11) is 0. The van der Waals surface area contributed by atoms with Crippen LogP contribution in [-0.4, -0.2) is 48.2 Å². The third kappa shape index (κ3) is 4.21. The van der Waals surface area contributed by atoms with E-state index in [1.54, 1.807) is 6.07 Å². The first-order valence-corrected chi connectivity index (χ1v) is 10.2. The fourth-order valence-electron chi connectivity index (χ4n) is 3.32. The van der Waals surface area contributed by atoms with Crippen molar-refractivity contribution >= 4 is 39.0 Å². The average Bonchev–Trinajstić information content (AvgIpc) is 3.07. The van der Waals surface area contributed by atoms with E-state index in [0.717, 1.165) is 40.1 Å². The molecule has 1 aliphatic heterocycles. The zero-order chi connectivity index (χ0) is 20.4. The maximum Gasteiger partial charge on any atom is 0.261 e. The predicted molar refractivity (Wildman–Crippen MR) is 112 cm³/mol. The number of halogens is 1. The Hall–Kier alpha value is -2.62. The van der Waals surface area contributed by atoms with Gasteiger partial charge in [-0.2, -0.15) is 0 Å². The van der Waals surface area contributed by atoms with Gasteiger partial charge in [-0.3, -0.25) is 4.79 Å². The van der Waals surface area contributed by atoms with Gasteiger partial charge in [-0.25, -0.2) is 14.4 Å². The van der Waals surface area contributed by atoms with E-state index in [0.29, 0.717) is 23.8 Å². The number of nitrogens with zero attached hydrogens (tertiary/aromatic N) is 2. The normalized spacial score (nSPS) is 16.7. The third-order valence-corrected chi connectivity index (χ3v) is 6.07. The van der Waals surface area contributed by atoms with E-state index < -0.39 is 0 Å². The largest absolute Gasteiger partial charge is 0.374 e. The lowest BCUT2D eigenvalue weighted by Crippen LogP contribution is -2.45. The Morgan fingerprint density at radius 1 is 1.38 bits per heavy atom. The van der Waals surface area contributed by atoms with E-state index in [1.807, 2.05) is 13.8 Å². The lowest BCUT2D eigenvalue weighted by Gasteiger charge is -2.23. The first kappa shape index (κ1) is 19.7. The van der Waals surface area contributed by atoms with E-state index in [1.165, 1.54) is 29.8 Å². The fourth-order valence-corrected chi connectivity index (χ4v) is 4.38. The molecule has 1 atom stereocenters. The number of hydrogen-bond donors (Lipinski definition) is 3. The lowest BCUT2D eigenvalue weighted by atomic mass is 10.1. The topological polar surface area (TPSA) is 88.2 Å². The highest BCUT2D eigenvalue weighted by atomic mass is 32.1. The van der Waals surface area contributed by atoms with E-state index in [4.69, 9.17) is 4.74 Å². The highest BCUT2D eigenvalue weighted by Gasteiger charge is 2.21. The molecule has 0 aliphatic carbocycles. The smallest absolute Gasteiger partial charge is 0.261 e. The van der Waals surface area contributed by atoms with Crippen molar-refractivity contribution in [1.29, 1.82) is 0 Å². The molecule has 0 radical (unpaired) electrons. The number of ether oxygens (including phenoxy) is 1. The molecule has 152 valence electrons. The molecule has 0 saturated carbocycles. The van der Waals surface area contributed by atoms with Crippen LogP contribution < -0.4 is 16.0 Å². The van der Waals surface area contributed by atoms with Crippen LogP contribution in [0.15, 0.2) is 24.5 Å². The van der Waals surface area contributed by atoms with Crippen LogP contribution in [0.4, 0.5) is 15.9 Å². The van der Waals surface area contributed by atoms with Crippen molar-refractivity contribution in [2.24, 2.45) is 0 Å². The van der Waals surface area contributed by atoms with E-state index in [9.17, 15) is 9.18 Å². The summed E-state index contributed by atoms with van der Waals surface area (Å²) in [6.07, 6.45) is 1.43. The van der Waals surface area contributed by atoms with Gasteiger partial charge in [0.15, 0.2) is 0 Å². The molecule has 2 aromatic heterocycles. The minimum atomic E-state index is -0.288. The fraction of sp³-hybridized carbons (Fsp3) is 0.350. The Morgan fingerprint density at radius 3 is 3.00 bits per heavy atom. The Bertz CT molecular complexity index is 1050. The average molecular weight is 415 g/mol. The van der Waals surface area contributed by atoms with Gasteiger partial charge in [0.05, 0.1) is 23.0 Å². The molecule has 3 aromatic rings. The van der Waals surface area contributed by atoms with Crippen LogP contribution >= 0.6 is 11.3 Å². The number of anilines is 2. The molecule has 0 bridgehead atoms. The molecule has 29 heavy (non-hydrogen) atoms. The monoisotopic (exact) mass is 415 g/mol. The molecule has 4 rings (SSSR count). The molecule has 3 heterocycles. The van der Waals surface area contributed by atoms with E-state index in [2.05, 4.69) is 25.9 Å². The van der Waals surface area contributed by atoms with Gasteiger partial charge < -0.3 is 20.7 Å². The van der Waals surface area contributed by atoms with Crippen LogP contribution in [0.2, 0.25) is 0 Å². The number of nitrogens with one attached hydrogen (secondary N) is 3. The second-order valence-electron chi connectivity index (χ2n) is 6.95. The van der Waals surface area contributed by atoms with Crippen molar-refractivity contribution in [2.75, 3.05) is 31.6 Å². The molecule has 1 saturated heterocycles. The van der Waals surface area contributed by atoms with Crippen molar-refractivity contribution in [3.05, 3.63) is 46.3 Å². The zero-order valence-electron chi connectivity index (χ0n) is 16.2.